The van der Waals surface area contributed by atoms with Crippen molar-refractivity contribution >= 4 is 23.1 Å². The minimum Gasteiger partial charge on any atom is -0.481 e. The van der Waals surface area contributed by atoms with Crippen LogP contribution in [0.5, 0.6) is 0 Å². The molecule has 0 saturated carbocycles. The second-order valence-corrected chi connectivity index (χ2v) is 3.18. The summed E-state index contributed by atoms with van der Waals surface area (Å²) in [7, 11) is 0. The second-order valence-electron chi connectivity index (χ2n) is 3.18. The highest BCUT2D eigenvalue weighted by Gasteiger charge is 1.96. The van der Waals surface area contributed by atoms with E-state index in [4.69, 9.17) is 5.11 Å². The SMILES string of the molecule is O=C(O)CC=Cc1cnc2cc[nH]c2c1. The molecule has 0 saturated heterocycles. The average molecular weight is 202 g/mol. The van der Waals surface area contributed by atoms with Crippen molar-refractivity contribution in [2.45, 2.75) is 6.42 Å². The highest BCUT2D eigenvalue weighted by Crippen LogP contribution is 2.11. The number of hydrogen-bond donors (Lipinski definition) is 2. The number of carboxylic acids is 1. The fraction of sp³-hybridized carbons (Fsp3) is 0.0909. The third-order valence-electron chi connectivity index (χ3n) is 2.02. The number of fused-ring (bicyclic) bond motifs is 1. The molecule has 0 spiro atoms. The molecule has 0 aliphatic rings. The molecule has 4 heteroatoms. The van der Waals surface area contributed by atoms with Crippen molar-refractivity contribution < 1.29 is 9.90 Å². The Morgan fingerprint density at radius 3 is 3.27 bits per heavy atom. The third kappa shape index (κ3) is 2.22. The van der Waals surface area contributed by atoms with Crippen LogP contribution in [0.15, 0.2) is 30.6 Å². The van der Waals surface area contributed by atoms with Crippen molar-refractivity contribution in [1.82, 2.24) is 9.97 Å². The number of carbonyl (C=O) groups is 1. The van der Waals surface area contributed by atoms with Gasteiger partial charge < -0.3 is 10.1 Å². The van der Waals surface area contributed by atoms with Crippen molar-refractivity contribution in [1.29, 1.82) is 0 Å². The highest BCUT2D eigenvalue weighted by molar-refractivity contribution is 5.77. The quantitative estimate of drug-likeness (QED) is 0.800. The largest absolute Gasteiger partial charge is 0.481 e. The number of nitrogens with zero attached hydrogens (tertiary/aromatic N) is 1. The van der Waals surface area contributed by atoms with Crippen LogP contribution < -0.4 is 0 Å². The molecule has 15 heavy (non-hydrogen) atoms. The van der Waals surface area contributed by atoms with Gasteiger partial charge in [0.25, 0.3) is 0 Å². The maximum atomic E-state index is 10.3. The predicted octanol–water partition coefficient (Wildman–Crippen LogP) is 2.05. The monoisotopic (exact) mass is 202 g/mol. The molecule has 2 aromatic heterocycles. The van der Waals surface area contributed by atoms with Gasteiger partial charge in [0.2, 0.25) is 0 Å². The van der Waals surface area contributed by atoms with Gasteiger partial charge in [-0.15, -0.1) is 0 Å². The van der Waals surface area contributed by atoms with E-state index in [1.165, 1.54) is 0 Å². The van der Waals surface area contributed by atoms with Crippen LogP contribution in [-0.2, 0) is 4.79 Å². The lowest BCUT2D eigenvalue weighted by atomic mass is 10.2. The average Bonchev–Trinajstić information content (AvgIpc) is 2.64. The van der Waals surface area contributed by atoms with Crippen LogP contribution in [0.4, 0.5) is 0 Å². The number of aliphatic carboxylic acids is 1. The summed E-state index contributed by atoms with van der Waals surface area (Å²) in [4.78, 5) is 17.5. The molecular formula is C11H10N2O2. The van der Waals surface area contributed by atoms with E-state index in [0.717, 1.165) is 16.6 Å². The molecular weight excluding hydrogens is 192 g/mol. The predicted molar refractivity (Wildman–Crippen MR) is 57.4 cm³/mol. The van der Waals surface area contributed by atoms with Crippen LogP contribution in [0.2, 0.25) is 0 Å². The summed E-state index contributed by atoms with van der Waals surface area (Å²) in [6, 6.07) is 3.82. The van der Waals surface area contributed by atoms with Crippen LogP contribution in [0.1, 0.15) is 12.0 Å². The van der Waals surface area contributed by atoms with E-state index in [1.54, 1.807) is 18.3 Å². The fourth-order valence-corrected chi connectivity index (χ4v) is 1.34. The molecule has 0 bridgehead atoms. The fourth-order valence-electron chi connectivity index (χ4n) is 1.34. The van der Waals surface area contributed by atoms with E-state index in [0.29, 0.717) is 0 Å². The number of hydrogen-bond acceptors (Lipinski definition) is 2. The van der Waals surface area contributed by atoms with Gasteiger partial charge in [-0.25, -0.2) is 0 Å². The Morgan fingerprint density at radius 1 is 1.60 bits per heavy atom. The van der Waals surface area contributed by atoms with E-state index in [2.05, 4.69) is 9.97 Å². The van der Waals surface area contributed by atoms with Crippen molar-refractivity contribution in [2.75, 3.05) is 0 Å². The highest BCUT2D eigenvalue weighted by atomic mass is 16.4. The molecule has 0 radical (unpaired) electrons. The molecule has 2 N–H and O–H groups in total. The molecule has 2 heterocycles. The van der Waals surface area contributed by atoms with Crippen LogP contribution in [0.3, 0.4) is 0 Å². The lowest BCUT2D eigenvalue weighted by Crippen LogP contribution is -1.89. The zero-order valence-electron chi connectivity index (χ0n) is 7.97. The summed E-state index contributed by atoms with van der Waals surface area (Å²) in [5, 5.41) is 8.46. The lowest BCUT2D eigenvalue weighted by molar-refractivity contribution is -0.135. The van der Waals surface area contributed by atoms with E-state index in [-0.39, 0.29) is 6.42 Å². The molecule has 2 aromatic rings. The first-order chi connectivity index (χ1) is 7.25. The van der Waals surface area contributed by atoms with Crippen molar-refractivity contribution in [3.63, 3.8) is 0 Å². The molecule has 0 aliphatic carbocycles. The van der Waals surface area contributed by atoms with Crippen LogP contribution in [0.25, 0.3) is 17.1 Å². The number of aromatic amines is 1. The van der Waals surface area contributed by atoms with Gasteiger partial charge in [-0.1, -0.05) is 12.2 Å². The minimum atomic E-state index is -0.833. The molecule has 0 aromatic carbocycles. The van der Waals surface area contributed by atoms with Crippen LogP contribution in [0, 0.1) is 0 Å². The molecule has 76 valence electrons. The summed E-state index contributed by atoms with van der Waals surface area (Å²) in [6.45, 7) is 0. The van der Waals surface area contributed by atoms with Gasteiger partial charge in [-0.2, -0.15) is 0 Å². The summed E-state index contributed by atoms with van der Waals surface area (Å²) in [6.07, 6.45) is 6.93. The second kappa shape index (κ2) is 3.96. The Kier molecular flexibility index (Phi) is 2.49. The third-order valence-corrected chi connectivity index (χ3v) is 2.02. The summed E-state index contributed by atoms with van der Waals surface area (Å²) < 4.78 is 0. The minimum absolute atomic E-state index is 0.0305. The Labute approximate surface area is 86.3 Å². The number of rotatable bonds is 3. The van der Waals surface area contributed by atoms with E-state index in [9.17, 15) is 4.79 Å². The zero-order chi connectivity index (χ0) is 10.7. The van der Waals surface area contributed by atoms with E-state index < -0.39 is 5.97 Å². The maximum absolute atomic E-state index is 10.3. The van der Waals surface area contributed by atoms with Crippen molar-refractivity contribution in [3.05, 3.63) is 36.2 Å². The molecule has 0 fully saturated rings. The van der Waals surface area contributed by atoms with Gasteiger partial charge in [-0.05, 0) is 17.7 Å². The van der Waals surface area contributed by atoms with Crippen molar-refractivity contribution in [2.24, 2.45) is 0 Å². The van der Waals surface area contributed by atoms with Crippen LogP contribution in [-0.4, -0.2) is 21.0 Å². The molecule has 4 nitrogen and oxygen atoms in total. The standard InChI is InChI=1S/C11H10N2O2/c14-11(15)3-1-2-8-6-10-9(13-7-8)4-5-12-10/h1-2,4-7,12H,3H2,(H,14,15). The number of pyridine rings is 1. The first-order valence-electron chi connectivity index (χ1n) is 4.57. The maximum Gasteiger partial charge on any atom is 0.307 e. The molecule has 0 amide bonds. The van der Waals surface area contributed by atoms with E-state index in [1.807, 2.05) is 18.3 Å². The number of aromatic nitrogens is 2. The molecule has 2 rings (SSSR count). The smallest absolute Gasteiger partial charge is 0.307 e. The number of carboxylic acid groups (broad SMARTS) is 1. The summed E-state index contributed by atoms with van der Waals surface area (Å²) >= 11 is 0. The first kappa shape index (κ1) is 9.45. The molecule has 0 aliphatic heterocycles. The van der Waals surface area contributed by atoms with Crippen molar-refractivity contribution in [3.8, 4) is 0 Å². The molecule has 0 unspecified atom stereocenters. The van der Waals surface area contributed by atoms with Gasteiger partial charge in [0.15, 0.2) is 0 Å². The number of nitrogens with one attached hydrogen (secondary N) is 1. The van der Waals surface area contributed by atoms with Gasteiger partial charge in [0.05, 0.1) is 17.5 Å². The zero-order valence-corrected chi connectivity index (χ0v) is 7.97. The lowest BCUT2D eigenvalue weighted by Gasteiger charge is -1.93. The van der Waals surface area contributed by atoms with Crippen LogP contribution >= 0.6 is 0 Å². The topological polar surface area (TPSA) is 66.0 Å². The summed E-state index contributed by atoms with van der Waals surface area (Å²) in [5.41, 5.74) is 2.75. The Morgan fingerprint density at radius 2 is 2.47 bits per heavy atom. The van der Waals surface area contributed by atoms with Gasteiger partial charge in [-0.3, -0.25) is 9.78 Å². The molecule has 0 atom stereocenters. The Bertz CT molecular complexity index is 514. The first-order valence-corrected chi connectivity index (χ1v) is 4.57. The van der Waals surface area contributed by atoms with Gasteiger partial charge in [0.1, 0.15) is 0 Å². The van der Waals surface area contributed by atoms with E-state index >= 15 is 0 Å². The Balaban J connectivity index is 2.21. The normalized spacial score (nSPS) is 11.2. The van der Waals surface area contributed by atoms with Gasteiger partial charge >= 0.3 is 5.97 Å². The Hall–Kier alpha value is -2.10. The summed E-state index contributed by atoms with van der Waals surface area (Å²) in [5.74, 6) is -0.833. The van der Waals surface area contributed by atoms with Gasteiger partial charge in [0, 0.05) is 12.4 Å². The number of H-pyrrole nitrogens is 1.